The largest absolute Gasteiger partial charge is 0.481 e. The first-order valence-corrected chi connectivity index (χ1v) is 12.3. The fraction of sp³-hybridized carbons (Fsp3) is 0.321. The number of carboxylic acids is 1. The van der Waals surface area contributed by atoms with E-state index in [-0.39, 0.29) is 23.4 Å². The number of benzene rings is 2. The molecule has 6 nitrogen and oxygen atoms in total. The van der Waals surface area contributed by atoms with Crippen LogP contribution in [0.25, 0.3) is 33.5 Å². The van der Waals surface area contributed by atoms with Crippen LogP contribution >= 0.6 is 0 Å². The van der Waals surface area contributed by atoms with Gasteiger partial charge in [0.2, 0.25) is 0 Å². The zero-order valence-corrected chi connectivity index (χ0v) is 19.8. The van der Waals surface area contributed by atoms with E-state index in [1.165, 1.54) is 6.07 Å². The quantitative estimate of drug-likeness (QED) is 0.312. The van der Waals surface area contributed by atoms with Crippen LogP contribution in [0.5, 0.6) is 0 Å². The summed E-state index contributed by atoms with van der Waals surface area (Å²) in [5, 5.41) is 13.8. The number of nitrogens with zero attached hydrogens (tertiary/aromatic N) is 2. The molecule has 3 fully saturated rings. The Kier molecular flexibility index (Phi) is 5.47. The lowest BCUT2D eigenvalue weighted by atomic mass is 9.61. The summed E-state index contributed by atoms with van der Waals surface area (Å²) in [6, 6.07) is 11.6. The first kappa shape index (κ1) is 22.6. The van der Waals surface area contributed by atoms with Crippen LogP contribution in [-0.2, 0) is 4.79 Å². The lowest BCUT2D eigenvalue weighted by Gasteiger charge is -2.47. The second-order valence-corrected chi connectivity index (χ2v) is 10.0. The van der Waals surface area contributed by atoms with Crippen molar-refractivity contribution in [3.8, 4) is 22.6 Å². The van der Waals surface area contributed by atoms with Crippen molar-refractivity contribution in [1.82, 2.24) is 15.0 Å². The summed E-state index contributed by atoms with van der Waals surface area (Å²) >= 11 is 0. The van der Waals surface area contributed by atoms with Crippen LogP contribution in [0.2, 0.25) is 0 Å². The van der Waals surface area contributed by atoms with Crippen LogP contribution in [0.15, 0.2) is 48.7 Å². The maximum atomic E-state index is 14.4. The maximum Gasteiger partial charge on any atom is 0.308 e. The molecule has 2 aromatic heterocycles. The van der Waals surface area contributed by atoms with Crippen LogP contribution < -0.4 is 5.32 Å². The minimum atomic E-state index is -0.780. The number of carbonyl (C=O) groups is 1. The van der Waals surface area contributed by atoms with Gasteiger partial charge in [0, 0.05) is 40.9 Å². The molecule has 3 aliphatic carbocycles. The molecule has 4 aromatic rings. The molecule has 2 aromatic carbocycles. The Hall–Kier alpha value is -3.81. The Morgan fingerprint density at radius 1 is 1.03 bits per heavy atom. The number of anilines is 1. The number of aromatic nitrogens is 3. The van der Waals surface area contributed by atoms with E-state index in [1.807, 2.05) is 37.3 Å². The van der Waals surface area contributed by atoms with E-state index in [9.17, 15) is 18.7 Å². The molecular weight excluding hydrogens is 462 g/mol. The molecule has 3 N–H and O–H groups in total. The second kappa shape index (κ2) is 8.69. The molecule has 2 bridgehead atoms. The van der Waals surface area contributed by atoms with Gasteiger partial charge in [-0.2, -0.15) is 0 Å². The molecule has 0 spiro atoms. The zero-order chi connectivity index (χ0) is 25.0. The number of H-pyrrole nitrogens is 1. The van der Waals surface area contributed by atoms with Crippen LogP contribution in [0.4, 0.5) is 14.6 Å². The van der Waals surface area contributed by atoms with Crippen molar-refractivity contribution in [1.29, 1.82) is 0 Å². The number of rotatable bonds is 5. The van der Waals surface area contributed by atoms with E-state index in [4.69, 9.17) is 9.97 Å². The topological polar surface area (TPSA) is 90.9 Å². The van der Waals surface area contributed by atoms with Crippen molar-refractivity contribution < 1.29 is 18.7 Å². The van der Waals surface area contributed by atoms with E-state index in [2.05, 4.69) is 10.3 Å². The number of aliphatic carboxylic acids is 1. The van der Waals surface area contributed by atoms with Crippen molar-refractivity contribution in [2.75, 3.05) is 5.32 Å². The van der Waals surface area contributed by atoms with Gasteiger partial charge in [0.25, 0.3) is 0 Å². The van der Waals surface area contributed by atoms with Gasteiger partial charge in [0.1, 0.15) is 17.5 Å². The predicted molar refractivity (Wildman–Crippen MR) is 133 cm³/mol. The number of carboxylic acid groups (broad SMARTS) is 1. The van der Waals surface area contributed by atoms with E-state index in [0.29, 0.717) is 28.3 Å². The normalized spacial score (nSPS) is 23.2. The van der Waals surface area contributed by atoms with Crippen LogP contribution in [0.1, 0.15) is 31.2 Å². The molecule has 3 saturated carbocycles. The molecule has 8 heteroatoms. The minimum absolute atomic E-state index is 0.155. The highest BCUT2D eigenvalue weighted by molar-refractivity contribution is 5.94. The van der Waals surface area contributed by atoms with Crippen molar-refractivity contribution >= 4 is 22.7 Å². The van der Waals surface area contributed by atoms with E-state index >= 15 is 0 Å². The van der Waals surface area contributed by atoms with Crippen molar-refractivity contribution in [2.45, 2.75) is 38.6 Å². The van der Waals surface area contributed by atoms with Gasteiger partial charge >= 0.3 is 5.97 Å². The summed E-state index contributed by atoms with van der Waals surface area (Å²) in [5.41, 5.74) is 3.27. The van der Waals surface area contributed by atoms with Crippen LogP contribution in [-0.4, -0.2) is 32.1 Å². The molecule has 7 rings (SSSR count). The molecule has 0 radical (unpaired) electrons. The summed E-state index contributed by atoms with van der Waals surface area (Å²) < 4.78 is 28.5. The summed E-state index contributed by atoms with van der Waals surface area (Å²) in [4.78, 5) is 24.5. The third-order valence-corrected chi connectivity index (χ3v) is 7.84. The third-order valence-electron chi connectivity index (χ3n) is 7.84. The first-order chi connectivity index (χ1) is 17.4. The third kappa shape index (κ3) is 3.90. The lowest BCUT2D eigenvalue weighted by molar-refractivity contribution is -0.148. The highest BCUT2D eigenvalue weighted by atomic mass is 19.1. The van der Waals surface area contributed by atoms with Crippen LogP contribution in [0.3, 0.4) is 0 Å². The Morgan fingerprint density at radius 2 is 1.75 bits per heavy atom. The number of nitrogens with one attached hydrogen (secondary N) is 2. The average Bonchev–Trinajstić information content (AvgIpc) is 3.29. The SMILES string of the molecule is Cc1ccc(-c2cc(N[C@@H]3C4CCC(CC4)[C@H]3C(=O)O)nc(-c3c[nH]c4c(F)cc(F)cc34)n2)cc1. The van der Waals surface area contributed by atoms with E-state index in [0.717, 1.165) is 42.9 Å². The molecule has 0 aliphatic heterocycles. The van der Waals surface area contributed by atoms with Crippen LogP contribution in [0, 0.1) is 36.3 Å². The van der Waals surface area contributed by atoms with Gasteiger partial charge in [-0.15, -0.1) is 0 Å². The molecule has 0 unspecified atom stereocenters. The van der Waals surface area contributed by atoms with Crippen molar-refractivity contribution in [3.05, 3.63) is 65.9 Å². The summed E-state index contributed by atoms with van der Waals surface area (Å²) in [5.74, 6) is -1.41. The highest BCUT2D eigenvalue weighted by Crippen LogP contribution is 2.46. The smallest absolute Gasteiger partial charge is 0.308 e. The monoisotopic (exact) mass is 488 g/mol. The number of aryl methyl sites for hydroxylation is 1. The standard InChI is InChI=1S/C28H26F2N4O2/c1-14-2-4-15(5-3-14)22-12-23(33-25-17-8-6-16(7-9-17)24(25)28(35)36)34-27(32-22)20-13-31-26-19(20)10-18(29)11-21(26)30/h2-5,10-13,16-17,24-25,31H,6-9H2,1H3,(H,35,36)(H,32,33,34)/t16?,17?,24-,25-/m1/s1. The highest BCUT2D eigenvalue weighted by Gasteiger charge is 2.47. The van der Waals surface area contributed by atoms with Crippen molar-refractivity contribution in [3.63, 3.8) is 0 Å². The fourth-order valence-corrected chi connectivity index (χ4v) is 6.04. The molecule has 2 heterocycles. The van der Waals surface area contributed by atoms with Crippen molar-refractivity contribution in [2.24, 2.45) is 17.8 Å². The van der Waals surface area contributed by atoms with Gasteiger partial charge in [-0.25, -0.2) is 18.7 Å². The fourth-order valence-electron chi connectivity index (χ4n) is 6.04. The number of fused-ring (bicyclic) bond motifs is 4. The molecule has 184 valence electrons. The molecule has 3 aliphatic rings. The summed E-state index contributed by atoms with van der Waals surface area (Å²) in [6.45, 7) is 2.00. The van der Waals surface area contributed by atoms with Gasteiger partial charge in [-0.05, 0) is 50.5 Å². The number of aromatic amines is 1. The van der Waals surface area contributed by atoms with Gasteiger partial charge in [0.15, 0.2) is 5.82 Å². The van der Waals surface area contributed by atoms with Gasteiger partial charge in [-0.3, -0.25) is 4.79 Å². The zero-order valence-electron chi connectivity index (χ0n) is 19.8. The summed E-state index contributed by atoms with van der Waals surface area (Å²) in [7, 11) is 0. The van der Waals surface area contributed by atoms with E-state index in [1.54, 1.807) is 6.20 Å². The Labute approximate surface area is 206 Å². The number of hydrogen-bond acceptors (Lipinski definition) is 4. The van der Waals surface area contributed by atoms with Gasteiger partial charge in [-0.1, -0.05) is 29.8 Å². The first-order valence-electron chi connectivity index (χ1n) is 12.3. The average molecular weight is 489 g/mol. The molecule has 0 saturated heterocycles. The Bertz CT molecular complexity index is 1460. The Morgan fingerprint density at radius 3 is 2.47 bits per heavy atom. The summed E-state index contributed by atoms with van der Waals surface area (Å²) in [6.07, 6.45) is 5.45. The second-order valence-electron chi connectivity index (χ2n) is 10.0. The molecular formula is C28H26F2N4O2. The number of hydrogen-bond donors (Lipinski definition) is 3. The van der Waals surface area contributed by atoms with Gasteiger partial charge < -0.3 is 15.4 Å². The Balaban J connectivity index is 1.47. The lowest BCUT2D eigenvalue weighted by Crippen LogP contribution is -2.51. The predicted octanol–water partition coefficient (Wildman–Crippen LogP) is 6.18. The minimum Gasteiger partial charge on any atom is -0.481 e. The molecule has 36 heavy (non-hydrogen) atoms. The van der Waals surface area contributed by atoms with E-state index < -0.39 is 23.5 Å². The van der Waals surface area contributed by atoms with Gasteiger partial charge in [0.05, 0.1) is 17.1 Å². The maximum absolute atomic E-state index is 14.4. The number of halogens is 2. The molecule has 2 atom stereocenters. The molecule has 0 amide bonds.